The predicted molar refractivity (Wildman–Crippen MR) is 148 cm³/mol. The summed E-state index contributed by atoms with van der Waals surface area (Å²) in [6.07, 6.45) is 15.6. The molecule has 0 spiro atoms. The molecule has 2 amide bonds. The van der Waals surface area contributed by atoms with Crippen molar-refractivity contribution in [3.63, 3.8) is 0 Å². The summed E-state index contributed by atoms with van der Waals surface area (Å²) in [6.45, 7) is 3.39. The van der Waals surface area contributed by atoms with Gasteiger partial charge < -0.3 is 26.8 Å². The molecule has 204 valence electrons. The van der Waals surface area contributed by atoms with Crippen LogP contribution in [0.4, 0.5) is 4.79 Å². The number of unbranched alkanes of at least 4 members (excludes halogenated alkanes) is 11. The van der Waals surface area contributed by atoms with Crippen molar-refractivity contribution in [1.82, 2.24) is 10.6 Å². The Balaban J connectivity index is 2.25. The van der Waals surface area contributed by atoms with E-state index in [4.69, 9.17) is 16.2 Å². The number of nitrogens with one attached hydrogen (secondary N) is 2. The Morgan fingerprint density at radius 2 is 1.44 bits per heavy atom. The lowest BCUT2D eigenvalue weighted by Crippen LogP contribution is -2.47. The first kappa shape index (κ1) is 31.3. The van der Waals surface area contributed by atoms with Crippen molar-refractivity contribution in [2.24, 2.45) is 16.5 Å². The van der Waals surface area contributed by atoms with Crippen LogP contribution in [0.15, 0.2) is 35.3 Å². The molecule has 36 heavy (non-hydrogen) atoms. The average Bonchev–Trinajstić information content (AvgIpc) is 2.87. The third-order valence-corrected chi connectivity index (χ3v) is 6.10. The largest absolute Gasteiger partial charge is 0.445 e. The maximum absolute atomic E-state index is 12.7. The SMILES string of the molecule is CCCCCCCCCCCCCCNC(=O)[C@H](CCCN=C(N)N)NC(=O)OCc1ccccc1. The summed E-state index contributed by atoms with van der Waals surface area (Å²) >= 11 is 0. The molecule has 0 radical (unpaired) electrons. The zero-order chi connectivity index (χ0) is 26.3. The van der Waals surface area contributed by atoms with Crippen LogP contribution in [0.25, 0.3) is 0 Å². The highest BCUT2D eigenvalue weighted by molar-refractivity contribution is 5.85. The maximum Gasteiger partial charge on any atom is 0.408 e. The zero-order valence-electron chi connectivity index (χ0n) is 22.3. The number of ether oxygens (including phenoxy) is 1. The number of aliphatic imine (C=N–C) groups is 1. The van der Waals surface area contributed by atoms with E-state index in [0.29, 0.717) is 25.9 Å². The lowest BCUT2D eigenvalue weighted by atomic mass is 10.1. The van der Waals surface area contributed by atoms with Gasteiger partial charge in [0.25, 0.3) is 0 Å². The van der Waals surface area contributed by atoms with Gasteiger partial charge in [-0.2, -0.15) is 0 Å². The molecule has 0 heterocycles. The summed E-state index contributed by atoms with van der Waals surface area (Å²) in [4.78, 5) is 28.9. The summed E-state index contributed by atoms with van der Waals surface area (Å²) in [5.74, 6) is -0.197. The number of rotatable bonds is 21. The highest BCUT2D eigenvalue weighted by atomic mass is 16.5. The Morgan fingerprint density at radius 3 is 2.03 bits per heavy atom. The summed E-state index contributed by atoms with van der Waals surface area (Å²) in [5.41, 5.74) is 11.6. The van der Waals surface area contributed by atoms with E-state index in [9.17, 15) is 9.59 Å². The molecule has 1 aromatic rings. The minimum absolute atomic E-state index is 0.0122. The van der Waals surface area contributed by atoms with E-state index in [1.165, 1.54) is 64.2 Å². The van der Waals surface area contributed by atoms with Gasteiger partial charge in [0.2, 0.25) is 5.91 Å². The summed E-state index contributed by atoms with van der Waals surface area (Å²) in [7, 11) is 0. The Morgan fingerprint density at radius 1 is 0.861 bits per heavy atom. The van der Waals surface area contributed by atoms with E-state index >= 15 is 0 Å². The number of nitrogens with two attached hydrogens (primary N) is 2. The molecule has 8 heteroatoms. The Kier molecular flexibility index (Phi) is 18.7. The van der Waals surface area contributed by atoms with E-state index in [0.717, 1.165) is 18.4 Å². The molecular formula is C28H49N5O3. The molecular weight excluding hydrogens is 454 g/mol. The van der Waals surface area contributed by atoms with Crippen LogP contribution in [0.5, 0.6) is 0 Å². The summed E-state index contributed by atoms with van der Waals surface area (Å²) in [6, 6.07) is 8.72. The van der Waals surface area contributed by atoms with Gasteiger partial charge in [-0.3, -0.25) is 9.79 Å². The van der Waals surface area contributed by atoms with Crippen molar-refractivity contribution in [3.05, 3.63) is 35.9 Å². The van der Waals surface area contributed by atoms with Gasteiger partial charge in [-0.15, -0.1) is 0 Å². The van der Waals surface area contributed by atoms with Gasteiger partial charge in [0.15, 0.2) is 5.96 Å². The van der Waals surface area contributed by atoms with Crippen molar-refractivity contribution < 1.29 is 14.3 Å². The normalized spacial score (nSPS) is 11.5. The molecule has 0 unspecified atom stereocenters. The van der Waals surface area contributed by atoms with Crippen molar-refractivity contribution in [2.75, 3.05) is 13.1 Å². The molecule has 0 aliphatic carbocycles. The molecule has 6 N–H and O–H groups in total. The van der Waals surface area contributed by atoms with Crippen LogP contribution in [0.3, 0.4) is 0 Å². The number of nitrogens with zero attached hydrogens (tertiary/aromatic N) is 1. The molecule has 0 aromatic heterocycles. The van der Waals surface area contributed by atoms with Crippen LogP contribution >= 0.6 is 0 Å². The molecule has 0 aliphatic heterocycles. The molecule has 1 atom stereocenters. The Bertz CT molecular complexity index is 723. The molecule has 1 aromatic carbocycles. The standard InChI is InChI=1S/C28H49N5O3/c1-2-3-4-5-6-7-8-9-10-11-12-16-21-31-26(34)25(20-17-22-32-27(29)30)33-28(35)36-23-24-18-14-13-15-19-24/h13-15,18-19,25H,2-12,16-17,20-23H2,1H3,(H,31,34)(H,33,35)(H4,29,30,32)/t25-/m0/s1. The van der Waals surface area contributed by atoms with Gasteiger partial charge in [-0.25, -0.2) is 4.79 Å². The summed E-state index contributed by atoms with van der Waals surface area (Å²) < 4.78 is 5.28. The van der Waals surface area contributed by atoms with Crippen LogP contribution < -0.4 is 22.1 Å². The third-order valence-electron chi connectivity index (χ3n) is 6.10. The zero-order valence-corrected chi connectivity index (χ0v) is 22.3. The maximum atomic E-state index is 12.7. The minimum atomic E-state index is -0.695. The van der Waals surface area contributed by atoms with Crippen molar-refractivity contribution >= 4 is 18.0 Å². The lowest BCUT2D eigenvalue weighted by Gasteiger charge is -2.18. The van der Waals surface area contributed by atoms with E-state index in [1.807, 2.05) is 30.3 Å². The fourth-order valence-corrected chi connectivity index (χ4v) is 3.98. The Labute approximate surface area is 218 Å². The average molecular weight is 504 g/mol. The van der Waals surface area contributed by atoms with Crippen molar-refractivity contribution in [3.8, 4) is 0 Å². The van der Waals surface area contributed by atoms with Crippen LogP contribution in [0.2, 0.25) is 0 Å². The predicted octanol–water partition coefficient (Wildman–Crippen LogP) is 5.15. The fraction of sp³-hybridized carbons (Fsp3) is 0.679. The number of guanidine groups is 1. The highest BCUT2D eigenvalue weighted by Gasteiger charge is 2.20. The van der Waals surface area contributed by atoms with Crippen LogP contribution in [0.1, 0.15) is 102 Å². The van der Waals surface area contributed by atoms with Crippen LogP contribution in [-0.2, 0) is 16.1 Å². The molecule has 0 saturated heterocycles. The minimum Gasteiger partial charge on any atom is -0.445 e. The number of alkyl carbamates (subject to hydrolysis) is 1. The van der Waals surface area contributed by atoms with Crippen LogP contribution in [-0.4, -0.2) is 37.1 Å². The number of amides is 2. The Hall–Kier alpha value is -2.77. The second-order valence-electron chi connectivity index (χ2n) is 9.39. The summed E-state index contributed by atoms with van der Waals surface area (Å²) in [5, 5.41) is 5.64. The van der Waals surface area contributed by atoms with Gasteiger partial charge >= 0.3 is 6.09 Å². The van der Waals surface area contributed by atoms with Gasteiger partial charge in [-0.05, 0) is 24.8 Å². The van der Waals surface area contributed by atoms with Crippen molar-refractivity contribution in [2.45, 2.75) is 109 Å². The molecule has 8 nitrogen and oxygen atoms in total. The first-order valence-electron chi connectivity index (χ1n) is 13.8. The third kappa shape index (κ3) is 17.6. The molecule has 0 aliphatic rings. The topological polar surface area (TPSA) is 132 Å². The molecule has 0 saturated carbocycles. The first-order valence-corrected chi connectivity index (χ1v) is 13.8. The quantitative estimate of drug-likeness (QED) is 0.105. The number of hydrogen-bond acceptors (Lipinski definition) is 4. The molecule has 1 rings (SSSR count). The highest BCUT2D eigenvalue weighted by Crippen LogP contribution is 2.12. The number of hydrogen-bond donors (Lipinski definition) is 4. The second-order valence-corrected chi connectivity index (χ2v) is 9.39. The lowest BCUT2D eigenvalue weighted by molar-refractivity contribution is -0.123. The van der Waals surface area contributed by atoms with E-state index < -0.39 is 12.1 Å². The van der Waals surface area contributed by atoms with E-state index in [1.54, 1.807) is 0 Å². The van der Waals surface area contributed by atoms with Gasteiger partial charge in [0, 0.05) is 13.1 Å². The smallest absolute Gasteiger partial charge is 0.408 e. The van der Waals surface area contributed by atoms with Gasteiger partial charge in [0.1, 0.15) is 12.6 Å². The second kappa shape index (κ2) is 21.5. The van der Waals surface area contributed by atoms with E-state index in [-0.39, 0.29) is 18.5 Å². The van der Waals surface area contributed by atoms with Crippen LogP contribution in [0, 0.1) is 0 Å². The fourth-order valence-electron chi connectivity index (χ4n) is 3.98. The number of benzene rings is 1. The monoisotopic (exact) mass is 503 g/mol. The number of carbonyl (C=O) groups excluding carboxylic acids is 2. The van der Waals surface area contributed by atoms with Gasteiger partial charge in [0.05, 0.1) is 0 Å². The number of carbonyl (C=O) groups is 2. The molecule has 0 fully saturated rings. The van der Waals surface area contributed by atoms with Crippen molar-refractivity contribution in [1.29, 1.82) is 0 Å². The van der Waals surface area contributed by atoms with E-state index in [2.05, 4.69) is 22.5 Å². The van der Waals surface area contributed by atoms with Gasteiger partial charge in [-0.1, -0.05) is 108 Å². The first-order chi connectivity index (χ1) is 17.5. The molecule has 0 bridgehead atoms.